The maximum atomic E-state index is 13.3. The molecule has 4 aromatic carbocycles. The van der Waals surface area contributed by atoms with Crippen LogP contribution in [0.15, 0.2) is 91.0 Å². The summed E-state index contributed by atoms with van der Waals surface area (Å²) >= 11 is 0. The number of halogens is 1. The Bertz CT molecular complexity index is 1810. The van der Waals surface area contributed by atoms with Crippen LogP contribution >= 0.6 is 0 Å². The number of fused-ring (bicyclic) bond motifs is 3. The number of hydrogen-bond donors (Lipinski definition) is 0. The highest BCUT2D eigenvalue weighted by molar-refractivity contribution is 6.22. The molecule has 3 aliphatic rings. The van der Waals surface area contributed by atoms with Crippen molar-refractivity contribution in [2.24, 2.45) is 0 Å². The number of Topliss-reactive ketones (excluding diaryl/α,β-unsaturated/α-hetero) is 1. The predicted octanol–water partition coefficient (Wildman–Crippen LogP) is 4.89. The second-order valence-corrected chi connectivity index (χ2v) is 11.5. The van der Waals surface area contributed by atoms with Gasteiger partial charge in [-0.2, -0.15) is 0 Å². The molecule has 0 spiro atoms. The lowest BCUT2D eigenvalue weighted by molar-refractivity contribution is -0.123. The minimum atomic E-state index is -0.667. The number of hydrogen-bond acceptors (Lipinski definition) is 7. The van der Waals surface area contributed by atoms with Gasteiger partial charge in [-0.15, -0.1) is 0 Å². The zero-order valence-corrected chi connectivity index (χ0v) is 24.4. The van der Waals surface area contributed by atoms with Crippen molar-refractivity contribution in [3.8, 4) is 11.1 Å². The molecule has 8 nitrogen and oxygen atoms in total. The molecule has 1 aliphatic carbocycles. The van der Waals surface area contributed by atoms with Gasteiger partial charge in [0.25, 0.3) is 5.91 Å². The number of imide groups is 1. The van der Waals surface area contributed by atoms with Gasteiger partial charge in [0.2, 0.25) is 5.91 Å². The van der Waals surface area contributed by atoms with Gasteiger partial charge in [-0.1, -0.05) is 36.4 Å². The number of rotatable bonds is 7. The lowest BCUT2D eigenvalue weighted by Crippen LogP contribution is -2.52. The van der Waals surface area contributed by atoms with Crippen molar-refractivity contribution in [2.45, 2.75) is 18.9 Å². The average molecular weight is 604 g/mol. The summed E-state index contributed by atoms with van der Waals surface area (Å²) in [5.41, 5.74) is 6.59. The van der Waals surface area contributed by atoms with Gasteiger partial charge in [0, 0.05) is 37.4 Å². The molecule has 2 heterocycles. The molecule has 4 aromatic rings. The Morgan fingerprint density at radius 1 is 0.756 bits per heavy atom. The van der Waals surface area contributed by atoms with E-state index >= 15 is 0 Å². The highest BCUT2D eigenvalue weighted by atomic mass is 19.1. The molecule has 226 valence electrons. The fourth-order valence-corrected chi connectivity index (χ4v) is 6.48. The fraction of sp³-hybridized carbons (Fsp3) is 0.222. The van der Waals surface area contributed by atoms with E-state index in [-0.39, 0.29) is 35.4 Å². The summed E-state index contributed by atoms with van der Waals surface area (Å²) in [7, 11) is 0. The number of anilines is 2. The zero-order chi connectivity index (χ0) is 31.1. The molecule has 0 bridgehead atoms. The highest BCUT2D eigenvalue weighted by Gasteiger charge is 2.43. The molecule has 7 rings (SSSR count). The smallest absolute Gasteiger partial charge is 0.338 e. The normalized spacial score (nSPS) is 17.8. The van der Waals surface area contributed by atoms with Gasteiger partial charge in [-0.05, 0) is 83.3 Å². The maximum absolute atomic E-state index is 13.3. The molecule has 1 atom stereocenters. The Hall–Kier alpha value is -5.15. The Balaban J connectivity index is 0.939. The summed E-state index contributed by atoms with van der Waals surface area (Å²) < 4.78 is 18.6. The Labute approximate surface area is 259 Å². The minimum Gasteiger partial charge on any atom is -0.454 e. The summed E-state index contributed by atoms with van der Waals surface area (Å²) in [6, 6.07) is 25.6. The van der Waals surface area contributed by atoms with Crippen molar-refractivity contribution in [1.82, 2.24) is 4.90 Å². The van der Waals surface area contributed by atoms with Crippen molar-refractivity contribution >= 4 is 34.9 Å². The van der Waals surface area contributed by atoms with E-state index < -0.39 is 18.6 Å². The number of ether oxygens (including phenoxy) is 1. The van der Waals surface area contributed by atoms with Crippen molar-refractivity contribution in [2.75, 3.05) is 42.6 Å². The first-order valence-electron chi connectivity index (χ1n) is 15.0. The first kappa shape index (κ1) is 28.6. The first-order valence-corrected chi connectivity index (χ1v) is 15.0. The van der Waals surface area contributed by atoms with E-state index in [9.17, 15) is 23.6 Å². The van der Waals surface area contributed by atoms with Crippen LogP contribution in [0.3, 0.4) is 0 Å². The Kier molecular flexibility index (Phi) is 7.47. The Morgan fingerprint density at radius 3 is 2.18 bits per heavy atom. The molecule has 0 aromatic heterocycles. The van der Waals surface area contributed by atoms with Crippen LogP contribution in [-0.4, -0.2) is 67.3 Å². The van der Waals surface area contributed by atoms with Gasteiger partial charge in [-0.25, -0.2) is 14.1 Å². The summed E-state index contributed by atoms with van der Waals surface area (Å²) in [6.07, 6.45) is 0.839. The highest BCUT2D eigenvalue weighted by Crippen LogP contribution is 2.37. The number of carbonyl (C=O) groups excluding carboxylic acids is 4. The summed E-state index contributed by atoms with van der Waals surface area (Å²) in [5, 5.41) is 0. The largest absolute Gasteiger partial charge is 0.454 e. The van der Waals surface area contributed by atoms with Gasteiger partial charge in [0.15, 0.2) is 12.4 Å². The van der Waals surface area contributed by atoms with Gasteiger partial charge < -0.3 is 9.64 Å². The van der Waals surface area contributed by atoms with Crippen molar-refractivity contribution in [1.29, 1.82) is 0 Å². The quantitative estimate of drug-likeness (QED) is 0.149. The van der Waals surface area contributed by atoms with Gasteiger partial charge in [0.1, 0.15) is 5.82 Å². The fourth-order valence-electron chi connectivity index (χ4n) is 6.48. The number of benzene rings is 4. The molecule has 0 radical (unpaired) electrons. The molecule has 45 heavy (non-hydrogen) atoms. The number of nitrogens with zero attached hydrogens (tertiary/aromatic N) is 3. The predicted molar refractivity (Wildman–Crippen MR) is 167 cm³/mol. The standard InChI is InChI=1S/C36H30FN3O5/c37-27-8-12-28(13-9-27)38-15-17-39(18-16-38)32-21-34(42)40(35(32)43)29-10-5-23(6-11-29)36(44)45-22-33(41)25-7-14-31-26(20-25)19-24-3-1-2-4-30(24)31/h1-14,20,32H,15-19,21-22H2. The number of ketones is 1. The summed E-state index contributed by atoms with van der Waals surface area (Å²) in [6.45, 7) is 2.10. The van der Waals surface area contributed by atoms with Crippen LogP contribution in [0.5, 0.6) is 0 Å². The van der Waals surface area contributed by atoms with E-state index in [4.69, 9.17) is 4.74 Å². The molecular weight excluding hydrogens is 573 g/mol. The number of carbonyl (C=O) groups is 4. The van der Waals surface area contributed by atoms with Gasteiger partial charge in [0.05, 0.1) is 23.7 Å². The van der Waals surface area contributed by atoms with Gasteiger partial charge in [-0.3, -0.25) is 19.3 Å². The third-order valence-corrected chi connectivity index (χ3v) is 8.88. The van der Waals surface area contributed by atoms with E-state index in [1.807, 2.05) is 29.2 Å². The number of amides is 2. The topological polar surface area (TPSA) is 87.2 Å². The van der Waals surface area contributed by atoms with Crippen LogP contribution in [-0.2, 0) is 20.7 Å². The van der Waals surface area contributed by atoms with E-state index in [1.165, 1.54) is 40.3 Å². The van der Waals surface area contributed by atoms with Crippen LogP contribution in [0, 0.1) is 5.82 Å². The molecule has 2 fully saturated rings. The van der Waals surface area contributed by atoms with Crippen LogP contribution < -0.4 is 9.80 Å². The number of esters is 1. The summed E-state index contributed by atoms with van der Waals surface area (Å²) in [4.78, 5) is 57.2. The zero-order valence-electron chi connectivity index (χ0n) is 24.4. The molecule has 9 heteroatoms. The molecular formula is C36H30FN3O5. The summed E-state index contributed by atoms with van der Waals surface area (Å²) in [5.74, 6) is -1.85. The lowest BCUT2D eigenvalue weighted by Gasteiger charge is -2.38. The molecule has 1 unspecified atom stereocenters. The van der Waals surface area contributed by atoms with Crippen molar-refractivity contribution in [3.63, 3.8) is 0 Å². The van der Waals surface area contributed by atoms with Crippen molar-refractivity contribution < 1.29 is 28.3 Å². The average Bonchev–Trinajstić information content (AvgIpc) is 3.59. The van der Waals surface area contributed by atoms with Gasteiger partial charge >= 0.3 is 5.97 Å². The molecule has 2 aliphatic heterocycles. The van der Waals surface area contributed by atoms with E-state index in [0.717, 1.165) is 23.2 Å². The monoisotopic (exact) mass is 603 g/mol. The van der Waals surface area contributed by atoms with E-state index in [2.05, 4.69) is 17.0 Å². The third-order valence-electron chi connectivity index (χ3n) is 8.88. The minimum absolute atomic E-state index is 0.0794. The first-order chi connectivity index (χ1) is 21.9. The maximum Gasteiger partial charge on any atom is 0.338 e. The second kappa shape index (κ2) is 11.7. The SMILES string of the molecule is O=C(COC(=O)c1ccc(N2C(=O)CC(N3CCN(c4ccc(F)cc4)CC3)C2=O)cc1)c1ccc2c(c1)Cc1ccccc1-2. The van der Waals surface area contributed by atoms with Crippen molar-refractivity contribution in [3.05, 3.63) is 119 Å². The van der Waals surface area contributed by atoms with E-state index in [0.29, 0.717) is 37.4 Å². The Morgan fingerprint density at radius 2 is 1.42 bits per heavy atom. The van der Waals surface area contributed by atoms with Crippen LogP contribution in [0.4, 0.5) is 15.8 Å². The van der Waals surface area contributed by atoms with Crippen LogP contribution in [0.2, 0.25) is 0 Å². The molecule has 0 N–H and O–H groups in total. The molecule has 2 amide bonds. The van der Waals surface area contributed by atoms with E-state index in [1.54, 1.807) is 30.3 Å². The van der Waals surface area contributed by atoms with Crippen LogP contribution in [0.1, 0.15) is 38.3 Å². The third kappa shape index (κ3) is 5.51. The second-order valence-electron chi connectivity index (χ2n) is 11.5. The molecule has 0 saturated carbocycles. The lowest BCUT2D eigenvalue weighted by atomic mass is 10.0. The molecule has 2 saturated heterocycles. The van der Waals surface area contributed by atoms with Crippen LogP contribution in [0.25, 0.3) is 11.1 Å². The number of piperazine rings is 1.